The summed E-state index contributed by atoms with van der Waals surface area (Å²) in [5.41, 5.74) is 2.05. The van der Waals surface area contributed by atoms with Crippen molar-refractivity contribution in [3.8, 4) is 17.0 Å². The van der Waals surface area contributed by atoms with E-state index in [1.54, 1.807) is 0 Å². The Morgan fingerprint density at radius 2 is 1.81 bits per heavy atom. The van der Waals surface area contributed by atoms with E-state index in [1.165, 1.54) is 12.8 Å². The first-order chi connectivity index (χ1) is 7.93. The number of hydrogen-bond acceptors (Lipinski definition) is 2. The Kier molecular flexibility index (Phi) is 2.33. The molecule has 1 aromatic heterocycles. The lowest BCUT2D eigenvalue weighted by atomic mass is 10.1. The Labute approximate surface area is 94.9 Å². The summed E-state index contributed by atoms with van der Waals surface area (Å²) in [5.74, 6) is 0.948. The van der Waals surface area contributed by atoms with Crippen molar-refractivity contribution in [3.05, 3.63) is 48.7 Å². The molecule has 0 spiro atoms. The average Bonchev–Trinajstić information content (AvgIpc) is 3.15. The Bertz CT molecular complexity index is 477. The molecule has 80 valence electrons. The maximum Gasteiger partial charge on any atom is 0.129 e. The largest absolute Gasteiger partial charge is 0.490 e. The topological polar surface area (TPSA) is 22.1 Å². The summed E-state index contributed by atoms with van der Waals surface area (Å²) in [5, 5.41) is 0. The molecule has 1 aliphatic carbocycles. The van der Waals surface area contributed by atoms with E-state index < -0.39 is 0 Å². The molecule has 0 bridgehead atoms. The zero-order chi connectivity index (χ0) is 10.8. The lowest BCUT2D eigenvalue weighted by Gasteiger charge is -2.09. The molecule has 2 aromatic rings. The molecule has 16 heavy (non-hydrogen) atoms. The van der Waals surface area contributed by atoms with Crippen molar-refractivity contribution < 1.29 is 4.74 Å². The molecule has 0 radical (unpaired) electrons. The fourth-order valence-corrected chi connectivity index (χ4v) is 1.67. The summed E-state index contributed by atoms with van der Waals surface area (Å²) in [6, 6.07) is 14.0. The molecule has 2 nitrogen and oxygen atoms in total. The predicted octanol–water partition coefficient (Wildman–Crippen LogP) is 3.29. The maximum atomic E-state index is 5.87. The number of pyridine rings is 1. The highest BCUT2D eigenvalue weighted by Crippen LogP contribution is 2.33. The SMILES string of the molecule is c1ccc(-c2ccccc2OC2CC2)nc1. The van der Waals surface area contributed by atoms with Crippen molar-refractivity contribution in [3.63, 3.8) is 0 Å². The van der Waals surface area contributed by atoms with Crippen LogP contribution in [0.15, 0.2) is 48.7 Å². The van der Waals surface area contributed by atoms with Crippen LogP contribution in [0, 0.1) is 0 Å². The number of para-hydroxylation sites is 1. The van der Waals surface area contributed by atoms with Crippen LogP contribution < -0.4 is 4.74 Å². The number of rotatable bonds is 3. The quantitative estimate of drug-likeness (QED) is 0.777. The van der Waals surface area contributed by atoms with Crippen molar-refractivity contribution in [2.24, 2.45) is 0 Å². The molecule has 1 heterocycles. The van der Waals surface area contributed by atoms with Crippen LogP contribution in [0.1, 0.15) is 12.8 Å². The molecule has 2 heteroatoms. The van der Waals surface area contributed by atoms with E-state index in [9.17, 15) is 0 Å². The number of ether oxygens (including phenoxy) is 1. The van der Waals surface area contributed by atoms with Gasteiger partial charge in [-0.15, -0.1) is 0 Å². The molecule has 1 aromatic carbocycles. The van der Waals surface area contributed by atoms with Crippen molar-refractivity contribution in [2.45, 2.75) is 18.9 Å². The molecular weight excluding hydrogens is 198 g/mol. The number of nitrogens with zero attached hydrogens (tertiary/aromatic N) is 1. The van der Waals surface area contributed by atoms with Crippen molar-refractivity contribution >= 4 is 0 Å². The minimum Gasteiger partial charge on any atom is -0.490 e. The molecule has 0 unspecified atom stereocenters. The second-order valence-corrected chi connectivity index (χ2v) is 4.03. The van der Waals surface area contributed by atoms with Gasteiger partial charge < -0.3 is 4.74 Å². The zero-order valence-electron chi connectivity index (χ0n) is 8.97. The molecule has 0 amide bonds. The van der Waals surface area contributed by atoms with E-state index >= 15 is 0 Å². The van der Waals surface area contributed by atoms with Gasteiger partial charge >= 0.3 is 0 Å². The fourth-order valence-electron chi connectivity index (χ4n) is 1.67. The first kappa shape index (κ1) is 9.40. The van der Waals surface area contributed by atoms with Crippen LogP contribution in [0.5, 0.6) is 5.75 Å². The minimum absolute atomic E-state index is 0.421. The normalized spacial score (nSPS) is 14.8. The standard InChI is InChI=1S/C14H13NO/c1-2-7-14(16-11-8-9-11)12(5-1)13-6-3-4-10-15-13/h1-7,10-11H,8-9H2. The number of aromatic nitrogens is 1. The van der Waals surface area contributed by atoms with Gasteiger partial charge in [-0.25, -0.2) is 0 Å². The van der Waals surface area contributed by atoms with E-state index in [0.29, 0.717) is 6.10 Å². The molecule has 0 saturated heterocycles. The highest BCUT2D eigenvalue weighted by molar-refractivity contribution is 5.66. The van der Waals surface area contributed by atoms with Crippen LogP contribution >= 0.6 is 0 Å². The van der Waals surface area contributed by atoms with Crippen LogP contribution in [-0.4, -0.2) is 11.1 Å². The van der Waals surface area contributed by atoms with E-state index in [2.05, 4.69) is 11.1 Å². The van der Waals surface area contributed by atoms with Crippen molar-refractivity contribution in [1.29, 1.82) is 0 Å². The van der Waals surface area contributed by atoms with Crippen LogP contribution in [0.3, 0.4) is 0 Å². The van der Waals surface area contributed by atoms with Gasteiger partial charge in [0.05, 0.1) is 11.8 Å². The van der Waals surface area contributed by atoms with Gasteiger partial charge in [-0.05, 0) is 37.1 Å². The van der Waals surface area contributed by atoms with E-state index in [0.717, 1.165) is 17.0 Å². The summed E-state index contributed by atoms with van der Waals surface area (Å²) in [6.45, 7) is 0. The number of benzene rings is 1. The van der Waals surface area contributed by atoms with Gasteiger partial charge in [-0.3, -0.25) is 4.98 Å². The predicted molar refractivity (Wildman–Crippen MR) is 63.3 cm³/mol. The highest BCUT2D eigenvalue weighted by Gasteiger charge is 2.24. The van der Waals surface area contributed by atoms with Gasteiger partial charge in [0.2, 0.25) is 0 Å². The smallest absolute Gasteiger partial charge is 0.129 e. The van der Waals surface area contributed by atoms with Gasteiger partial charge in [0.1, 0.15) is 5.75 Å². The van der Waals surface area contributed by atoms with Crippen LogP contribution in [0.2, 0.25) is 0 Å². The summed E-state index contributed by atoms with van der Waals surface area (Å²) in [6.07, 6.45) is 4.58. The summed E-state index contributed by atoms with van der Waals surface area (Å²) >= 11 is 0. The van der Waals surface area contributed by atoms with Gasteiger partial charge in [0.15, 0.2) is 0 Å². The third-order valence-corrected chi connectivity index (χ3v) is 2.65. The summed E-state index contributed by atoms with van der Waals surface area (Å²) in [4.78, 5) is 4.36. The monoisotopic (exact) mass is 211 g/mol. The molecular formula is C14H13NO. The highest BCUT2D eigenvalue weighted by atomic mass is 16.5. The lowest BCUT2D eigenvalue weighted by Crippen LogP contribution is -1.97. The lowest BCUT2D eigenvalue weighted by molar-refractivity contribution is 0.304. The van der Waals surface area contributed by atoms with Crippen LogP contribution in [0.25, 0.3) is 11.3 Å². The van der Waals surface area contributed by atoms with Crippen molar-refractivity contribution in [1.82, 2.24) is 4.98 Å². The molecule has 0 aliphatic heterocycles. The maximum absolute atomic E-state index is 5.87. The van der Waals surface area contributed by atoms with Gasteiger partial charge in [-0.1, -0.05) is 18.2 Å². The van der Waals surface area contributed by atoms with Gasteiger partial charge in [0.25, 0.3) is 0 Å². The van der Waals surface area contributed by atoms with E-state index in [-0.39, 0.29) is 0 Å². The third kappa shape index (κ3) is 1.91. The average molecular weight is 211 g/mol. The fraction of sp³-hybridized carbons (Fsp3) is 0.214. The van der Waals surface area contributed by atoms with Gasteiger partial charge in [-0.2, -0.15) is 0 Å². The Hall–Kier alpha value is -1.83. The second kappa shape index (κ2) is 3.97. The van der Waals surface area contributed by atoms with E-state index in [4.69, 9.17) is 4.74 Å². The molecule has 3 rings (SSSR count). The number of hydrogen-bond donors (Lipinski definition) is 0. The van der Waals surface area contributed by atoms with Crippen molar-refractivity contribution in [2.75, 3.05) is 0 Å². The Morgan fingerprint density at radius 3 is 2.56 bits per heavy atom. The summed E-state index contributed by atoms with van der Waals surface area (Å²) < 4.78 is 5.87. The molecule has 1 saturated carbocycles. The first-order valence-electron chi connectivity index (χ1n) is 5.60. The first-order valence-corrected chi connectivity index (χ1v) is 5.60. The molecule has 0 atom stereocenters. The second-order valence-electron chi connectivity index (χ2n) is 4.03. The van der Waals surface area contributed by atoms with E-state index in [1.807, 2.05) is 42.6 Å². The minimum atomic E-state index is 0.421. The molecule has 1 aliphatic rings. The van der Waals surface area contributed by atoms with Gasteiger partial charge in [0, 0.05) is 11.8 Å². The molecule has 1 fully saturated rings. The Balaban J connectivity index is 1.98. The van der Waals surface area contributed by atoms with Crippen LogP contribution in [0.4, 0.5) is 0 Å². The van der Waals surface area contributed by atoms with Crippen LogP contribution in [-0.2, 0) is 0 Å². The summed E-state index contributed by atoms with van der Waals surface area (Å²) in [7, 11) is 0. The third-order valence-electron chi connectivity index (χ3n) is 2.65. The Morgan fingerprint density at radius 1 is 1.00 bits per heavy atom. The molecule has 0 N–H and O–H groups in total. The zero-order valence-corrected chi connectivity index (χ0v) is 8.97.